The van der Waals surface area contributed by atoms with Crippen LogP contribution in [-0.2, 0) is 28.6 Å². The Hall–Kier alpha value is -1.30. The minimum Gasteiger partial charge on any atom is -0.463 e. The van der Waals surface area contributed by atoms with Crippen LogP contribution in [-0.4, -0.2) is 43.1 Å². The summed E-state index contributed by atoms with van der Waals surface area (Å²) in [6.45, 7) is 0.435. The van der Waals surface area contributed by atoms with Gasteiger partial charge in [-0.25, -0.2) is 4.79 Å². The van der Waals surface area contributed by atoms with Gasteiger partial charge in [-0.1, -0.05) is 0 Å². The molecule has 4 fully saturated rings. The summed E-state index contributed by atoms with van der Waals surface area (Å²) >= 11 is 5.30. The van der Waals surface area contributed by atoms with Crippen molar-refractivity contribution in [1.29, 1.82) is 0 Å². The molecule has 0 spiro atoms. The number of hydrogen-bond acceptors (Lipinski definition) is 6. The van der Waals surface area contributed by atoms with Gasteiger partial charge >= 0.3 is 11.9 Å². The van der Waals surface area contributed by atoms with Crippen molar-refractivity contribution in [2.75, 3.05) is 19.1 Å². The number of ether oxygens (including phenoxy) is 3. The number of rotatable bonds is 7. The topological polar surface area (TPSA) is 78.9 Å². The molecule has 2 atom stereocenters. The van der Waals surface area contributed by atoms with Crippen molar-refractivity contribution in [2.24, 2.45) is 17.3 Å². The second kappa shape index (κ2) is 6.30. The predicted molar refractivity (Wildman–Crippen MR) is 79.6 cm³/mol. The van der Waals surface area contributed by atoms with Gasteiger partial charge in [-0.05, 0) is 50.4 Å². The zero-order valence-electron chi connectivity index (χ0n) is 12.9. The van der Waals surface area contributed by atoms with E-state index in [0.29, 0.717) is 24.9 Å². The molecule has 0 N–H and O–H groups in total. The average molecular weight is 345 g/mol. The highest BCUT2D eigenvalue weighted by Gasteiger charge is 2.59. The molecule has 0 aromatic carbocycles. The third-order valence-corrected chi connectivity index (χ3v) is 5.64. The molecule has 0 amide bonds. The van der Waals surface area contributed by atoms with Gasteiger partial charge in [0.25, 0.3) is 6.47 Å². The van der Waals surface area contributed by atoms with Gasteiger partial charge in [0.05, 0.1) is 6.61 Å². The normalized spacial score (nSPS) is 37.3. The molecule has 0 heterocycles. The third kappa shape index (κ3) is 3.47. The molecular weight excluding hydrogens is 324 g/mol. The van der Waals surface area contributed by atoms with Crippen LogP contribution in [0.2, 0.25) is 0 Å². The monoisotopic (exact) mass is 344 g/mol. The highest BCUT2D eigenvalue weighted by atomic mass is 35.5. The third-order valence-electron chi connectivity index (χ3n) is 5.43. The van der Waals surface area contributed by atoms with Gasteiger partial charge in [-0.2, -0.15) is 0 Å². The Balaban J connectivity index is 1.58. The van der Waals surface area contributed by atoms with Crippen LogP contribution >= 0.6 is 11.6 Å². The summed E-state index contributed by atoms with van der Waals surface area (Å²) < 4.78 is 15.5. The van der Waals surface area contributed by atoms with Crippen LogP contribution in [0, 0.1) is 17.3 Å². The zero-order chi connectivity index (χ0) is 16.5. The number of halogens is 1. The SMILES string of the molecule is O=COC12CC3CC(CC(COC(=O)COC(=O)CCl)(C3)C1)C2. The van der Waals surface area contributed by atoms with Crippen molar-refractivity contribution in [2.45, 2.75) is 44.1 Å². The van der Waals surface area contributed by atoms with E-state index >= 15 is 0 Å². The number of carbonyl (C=O) groups is 3. The Kier molecular flexibility index (Phi) is 4.54. The standard InChI is InChI=1S/C16H21ClO6/c17-6-13(19)21-7-14(20)22-9-15-2-11-1-12(3-15)5-16(4-11,8-15)23-10-18/h10-12H,1-9H2. The highest BCUT2D eigenvalue weighted by Crippen LogP contribution is 2.62. The lowest BCUT2D eigenvalue weighted by Gasteiger charge is -2.60. The largest absolute Gasteiger partial charge is 0.463 e. The summed E-state index contributed by atoms with van der Waals surface area (Å²) in [6.07, 6.45) is 5.77. The second-order valence-electron chi connectivity index (χ2n) is 7.31. The molecule has 6 nitrogen and oxygen atoms in total. The molecule has 4 saturated carbocycles. The van der Waals surface area contributed by atoms with Crippen LogP contribution < -0.4 is 0 Å². The zero-order valence-corrected chi connectivity index (χ0v) is 13.7. The second-order valence-corrected chi connectivity index (χ2v) is 7.58. The van der Waals surface area contributed by atoms with Gasteiger partial charge in [0, 0.05) is 5.41 Å². The van der Waals surface area contributed by atoms with Crippen molar-refractivity contribution in [1.82, 2.24) is 0 Å². The fourth-order valence-corrected chi connectivity index (χ4v) is 5.30. The first-order valence-electron chi connectivity index (χ1n) is 7.97. The molecule has 0 aliphatic heterocycles. The van der Waals surface area contributed by atoms with Gasteiger partial charge in [0.15, 0.2) is 6.61 Å². The van der Waals surface area contributed by atoms with Crippen molar-refractivity contribution in [3.63, 3.8) is 0 Å². The van der Waals surface area contributed by atoms with E-state index in [9.17, 15) is 14.4 Å². The lowest BCUT2D eigenvalue weighted by atomic mass is 9.48. The first kappa shape index (κ1) is 16.6. The number of alkyl halides is 1. The van der Waals surface area contributed by atoms with E-state index in [1.165, 1.54) is 6.42 Å². The van der Waals surface area contributed by atoms with Gasteiger partial charge in [-0.15, -0.1) is 11.6 Å². The van der Waals surface area contributed by atoms with E-state index in [4.69, 9.17) is 21.1 Å². The van der Waals surface area contributed by atoms with Gasteiger partial charge < -0.3 is 14.2 Å². The minimum atomic E-state index is -0.642. The summed E-state index contributed by atoms with van der Waals surface area (Å²) in [5.74, 6) is -0.430. The van der Waals surface area contributed by atoms with Crippen LogP contribution in [0.5, 0.6) is 0 Å². The summed E-state index contributed by atoms with van der Waals surface area (Å²) in [5.41, 5.74) is -0.484. The average Bonchev–Trinajstić information content (AvgIpc) is 2.49. The summed E-state index contributed by atoms with van der Waals surface area (Å²) in [6, 6.07) is 0. The van der Waals surface area contributed by atoms with E-state index in [2.05, 4.69) is 4.74 Å². The summed E-state index contributed by atoms with van der Waals surface area (Å²) in [7, 11) is 0. The lowest BCUT2D eigenvalue weighted by molar-refractivity contribution is -0.202. The maximum absolute atomic E-state index is 11.7. The molecule has 0 saturated heterocycles. The molecule has 4 bridgehead atoms. The van der Waals surface area contributed by atoms with Crippen molar-refractivity contribution >= 4 is 30.0 Å². The van der Waals surface area contributed by atoms with Crippen LogP contribution in [0.25, 0.3) is 0 Å². The van der Waals surface area contributed by atoms with E-state index < -0.39 is 18.5 Å². The maximum Gasteiger partial charge on any atom is 0.344 e. The number of esters is 2. The van der Waals surface area contributed by atoms with Gasteiger partial charge in [0.2, 0.25) is 0 Å². The van der Waals surface area contributed by atoms with Crippen LogP contribution in [0.3, 0.4) is 0 Å². The first-order valence-corrected chi connectivity index (χ1v) is 8.50. The summed E-state index contributed by atoms with van der Waals surface area (Å²) in [4.78, 5) is 33.5. The van der Waals surface area contributed by atoms with Crippen LogP contribution in [0.4, 0.5) is 0 Å². The highest BCUT2D eigenvalue weighted by molar-refractivity contribution is 6.26. The summed E-state index contributed by atoms with van der Waals surface area (Å²) in [5, 5.41) is 0. The molecule has 4 aliphatic carbocycles. The Morgan fingerprint density at radius 3 is 2.39 bits per heavy atom. The molecule has 4 rings (SSSR count). The van der Waals surface area contributed by atoms with E-state index in [1.54, 1.807) is 0 Å². The van der Waals surface area contributed by atoms with Crippen LogP contribution in [0.1, 0.15) is 38.5 Å². The smallest absolute Gasteiger partial charge is 0.344 e. The fraction of sp³-hybridized carbons (Fsp3) is 0.812. The predicted octanol–water partition coefficient (Wildman–Crippen LogP) is 1.82. The van der Waals surface area contributed by atoms with E-state index in [1.807, 2.05) is 0 Å². The van der Waals surface area contributed by atoms with Crippen LogP contribution in [0.15, 0.2) is 0 Å². The molecule has 23 heavy (non-hydrogen) atoms. The van der Waals surface area contributed by atoms with E-state index in [-0.39, 0.29) is 16.9 Å². The molecule has 0 radical (unpaired) electrons. The van der Waals surface area contributed by atoms with Gasteiger partial charge in [-0.3, -0.25) is 9.59 Å². The quantitative estimate of drug-likeness (QED) is 0.303. The Morgan fingerprint density at radius 1 is 1.09 bits per heavy atom. The van der Waals surface area contributed by atoms with Crippen molar-refractivity contribution < 1.29 is 28.6 Å². The molecule has 0 aromatic rings. The number of carbonyl (C=O) groups excluding carboxylic acids is 3. The van der Waals surface area contributed by atoms with Crippen molar-refractivity contribution in [3.05, 3.63) is 0 Å². The Morgan fingerprint density at radius 2 is 1.78 bits per heavy atom. The lowest BCUT2D eigenvalue weighted by Crippen LogP contribution is -2.58. The molecule has 2 unspecified atom stereocenters. The molecule has 128 valence electrons. The molecule has 4 aliphatic rings. The first-order chi connectivity index (χ1) is 11.0. The molecular formula is C16H21ClO6. The Bertz CT molecular complexity index is 491. The Labute approximate surface area is 139 Å². The molecule has 0 aromatic heterocycles. The van der Waals surface area contributed by atoms with E-state index in [0.717, 1.165) is 32.1 Å². The number of hydrogen-bond donors (Lipinski definition) is 0. The molecule has 7 heteroatoms. The minimum absolute atomic E-state index is 0.112. The van der Waals surface area contributed by atoms with Gasteiger partial charge in [0.1, 0.15) is 11.5 Å². The maximum atomic E-state index is 11.7. The van der Waals surface area contributed by atoms with Crippen molar-refractivity contribution in [3.8, 4) is 0 Å². The fourth-order valence-electron chi connectivity index (χ4n) is 5.23.